The highest BCUT2D eigenvalue weighted by atomic mass is 35.5. The lowest BCUT2D eigenvalue weighted by atomic mass is 10.1. The maximum atomic E-state index is 13.6. The van der Waals surface area contributed by atoms with Gasteiger partial charge in [0.2, 0.25) is 5.91 Å². The molecule has 12 nitrogen and oxygen atoms in total. The van der Waals surface area contributed by atoms with E-state index in [-0.39, 0.29) is 58.6 Å². The Morgan fingerprint density at radius 3 is 2.13 bits per heavy atom. The normalized spacial score (nSPS) is 18.6. The number of nitrogens with zero attached hydrogens (tertiary/aromatic N) is 2. The van der Waals surface area contributed by atoms with Crippen molar-refractivity contribution in [2.45, 2.75) is 36.8 Å². The van der Waals surface area contributed by atoms with Gasteiger partial charge in [-0.1, -0.05) is 35.9 Å². The molecular formula is C37H42BCl2N4O8S+. The molecule has 53 heavy (non-hydrogen) atoms. The van der Waals surface area contributed by atoms with Crippen LogP contribution in [-0.4, -0.2) is 98.7 Å². The zero-order valence-electron chi connectivity index (χ0n) is 29.6. The number of methoxy groups -OCH3 is 2. The highest BCUT2D eigenvalue weighted by Crippen LogP contribution is 2.44. The SMILES string of the molecule is N.[B]OC(=O)C1=C(C[N+]2(CCNC(=O)c3ccc(OCc4ccc(OC)cc4)c(OCc4ccc(OC)cc4)c3Cl)CCCC2)CS[C@@H]2C(Cl)C(=O)N12. The largest absolute Gasteiger partial charge is 0.539 e. The van der Waals surface area contributed by atoms with Crippen LogP contribution in [0.25, 0.3) is 0 Å². The summed E-state index contributed by atoms with van der Waals surface area (Å²) >= 11 is 14.7. The first-order valence-electron chi connectivity index (χ1n) is 16.9. The van der Waals surface area contributed by atoms with Crippen LogP contribution >= 0.6 is 35.0 Å². The Morgan fingerprint density at radius 2 is 1.55 bits per heavy atom. The average Bonchev–Trinajstić information content (AvgIpc) is 3.64. The predicted octanol–water partition coefficient (Wildman–Crippen LogP) is 5.42. The van der Waals surface area contributed by atoms with E-state index in [0.29, 0.717) is 35.6 Å². The summed E-state index contributed by atoms with van der Waals surface area (Å²) in [5.74, 6) is 1.18. The van der Waals surface area contributed by atoms with Gasteiger partial charge in [-0.15, -0.1) is 23.4 Å². The summed E-state index contributed by atoms with van der Waals surface area (Å²) in [5.41, 5.74) is 3.00. The molecule has 1 unspecified atom stereocenters. The molecule has 2 atom stereocenters. The number of rotatable bonds is 15. The molecule has 2 amide bonds. The van der Waals surface area contributed by atoms with E-state index in [1.54, 1.807) is 26.4 Å². The number of β-lactam (4-membered cyclic amide) rings is 1. The van der Waals surface area contributed by atoms with Crippen molar-refractivity contribution in [2.24, 2.45) is 0 Å². The van der Waals surface area contributed by atoms with Crippen LogP contribution in [0.1, 0.15) is 34.3 Å². The van der Waals surface area contributed by atoms with Gasteiger partial charge in [0, 0.05) is 24.2 Å². The molecule has 3 aliphatic heterocycles. The molecule has 0 aliphatic carbocycles. The van der Waals surface area contributed by atoms with E-state index in [1.807, 2.05) is 48.5 Å². The third-order valence-corrected chi connectivity index (χ3v) is 11.9. The van der Waals surface area contributed by atoms with Gasteiger partial charge in [-0.25, -0.2) is 4.79 Å². The number of hydrogen-bond acceptors (Lipinski definition) is 10. The second-order valence-corrected chi connectivity index (χ2v) is 14.8. The first-order valence-corrected chi connectivity index (χ1v) is 18.7. The summed E-state index contributed by atoms with van der Waals surface area (Å²) in [6.45, 7) is 3.59. The molecular weight excluding hydrogens is 742 g/mol. The first kappa shape index (κ1) is 40.1. The number of benzene rings is 3. The average molecular weight is 785 g/mol. The lowest BCUT2D eigenvalue weighted by molar-refractivity contribution is -0.911. The number of thioether (sulfide) groups is 1. The van der Waals surface area contributed by atoms with Crippen LogP contribution in [0.15, 0.2) is 71.9 Å². The van der Waals surface area contributed by atoms with Gasteiger partial charge in [-0.05, 0) is 47.5 Å². The van der Waals surface area contributed by atoms with Gasteiger partial charge in [0.1, 0.15) is 47.7 Å². The molecule has 3 aromatic carbocycles. The number of amides is 2. The third kappa shape index (κ3) is 8.84. The zero-order valence-corrected chi connectivity index (χ0v) is 31.9. The highest BCUT2D eigenvalue weighted by Gasteiger charge is 2.53. The molecule has 2 fully saturated rings. The Balaban J connectivity index is 0.00000541. The molecule has 2 radical (unpaired) electrons. The van der Waals surface area contributed by atoms with Crippen LogP contribution in [-0.2, 0) is 27.5 Å². The monoisotopic (exact) mass is 783 g/mol. The third-order valence-electron chi connectivity index (χ3n) is 9.60. The van der Waals surface area contributed by atoms with Crippen LogP contribution in [0.3, 0.4) is 0 Å². The number of quaternary nitrogens is 1. The molecule has 0 saturated carbocycles. The Morgan fingerprint density at radius 1 is 0.943 bits per heavy atom. The fourth-order valence-corrected chi connectivity index (χ4v) is 8.74. The number of nitrogens with one attached hydrogen (secondary N) is 1. The number of alkyl halides is 1. The molecule has 4 N–H and O–H groups in total. The van der Waals surface area contributed by atoms with Crippen LogP contribution < -0.4 is 30.4 Å². The quantitative estimate of drug-likeness (QED) is 0.0887. The summed E-state index contributed by atoms with van der Waals surface area (Å²) in [6, 6.07) is 18.3. The topological polar surface area (TPSA) is 148 Å². The van der Waals surface area contributed by atoms with Crippen molar-refractivity contribution in [2.75, 3.05) is 52.7 Å². The van der Waals surface area contributed by atoms with Crippen LogP contribution in [0.4, 0.5) is 0 Å². The Bertz CT molecular complexity index is 1830. The lowest BCUT2D eigenvalue weighted by Gasteiger charge is -2.48. The molecule has 280 valence electrons. The fraction of sp³-hybridized carbons (Fsp3) is 0.378. The van der Waals surface area contributed by atoms with E-state index in [4.69, 9.17) is 50.2 Å². The van der Waals surface area contributed by atoms with Crippen molar-refractivity contribution in [3.63, 3.8) is 0 Å². The summed E-state index contributed by atoms with van der Waals surface area (Å²) < 4.78 is 28.1. The van der Waals surface area contributed by atoms with Gasteiger partial charge in [-0.2, -0.15) is 0 Å². The summed E-state index contributed by atoms with van der Waals surface area (Å²) in [6.07, 6.45) is 2.00. The van der Waals surface area contributed by atoms with Crippen molar-refractivity contribution in [3.05, 3.63) is 93.6 Å². The van der Waals surface area contributed by atoms with Crippen molar-refractivity contribution in [1.29, 1.82) is 0 Å². The number of hydrogen-bond donors (Lipinski definition) is 2. The first-order chi connectivity index (χ1) is 25.2. The predicted molar refractivity (Wildman–Crippen MR) is 204 cm³/mol. The van der Waals surface area contributed by atoms with Gasteiger partial charge in [0.25, 0.3) is 5.91 Å². The molecule has 6 rings (SSSR count). The molecule has 3 heterocycles. The number of fused-ring (bicyclic) bond motifs is 1. The number of carbonyl (C=O) groups excluding carboxylic acids is 3. The molecule has 16 heteroatoms. The molecule has 0 spiro atoms. The van der Waals surface area contributed by atoms with Gasteiger partial charge in [0.05, 0.1) is 51.0 Å². The minimum absolute atomic E-state index is 0. The number of likely N-dealkylation sites (tertiary alicyclic amines) is 1. The van der Waals surface area contributed by atoms with E-state index in [2.05, 4.69) is 9.97 Å². The second-order valence-electron chi connectivity index (χ2n) is 12.8. The molecule has 0 bridgehead atoms. The van der Waals surface area contributed by atoms with Crippen molar-refractivity contribution >= 4 is 60.8 Å². The molecule has 2 saturated heterocycles. The maximum absolute atomic E-state index is 13.6. The van der Waals surface area contributed by atoms with E-state index < -0.39 is 11.3 Å². The standard InChI is InChI=1S/C37H38BCl2N3O8S.H3N/c1-47-26-9-5-23(6-10-26)20-49-29-14-13-28(30(39)33(29)50-21-24-7-11-27(48-2)12-8-24)34(44)41-15-18-43(16-3-4-17-43)19-25-22-52-36-31(40)35(45)42(36)32(25)37(46)51-38;/h5-14,31,36H,3-4,15-22H2,1-2H3;1H3/p+1/t31?,36-;/m1./s1. The lowest BCUT2D eigenvalue weighted by Crippen LogP contribution is -2.63. The van der Waals surface area contributed by atoms with Crippen molar-refractivity contribution in [3.8, 4) is 23.0 Å². The molecule has 3 aromatic rings. The van der Waals surface area contributed by atoms with Crippen LogP contribution in [0.5, 0.6) is 23.0 Å². The smallest absolute Gasteiger partial charge is 0.378 e. The van der Waals surface area contributed by atoms with Gasteiger partial charge in [0.15, 0.2) is 11.5 Å². The van der Waals surface area contributed by atoms with Crippen molar-refractivity contribution < 1.29 is 42.5 Å². The number of halogens is 2. The van der Waals surface area contributed by atoms with E-state index in [0.717, 1.165) is 54.1 Å². The van der Waals surface area contributed by atoms with Crippen molar-refractivity contribution in [1.82, 2.24) is 16.4 Å². The Hall–Kier alpha value is -4.08. The summed E-state index contributed by atoms with van der Waals surface area (Å²) in [7, 11) is 8.49. The van der Waals surface area contributed by atoms with E-state index in [1.165, 1.54) is 16.7 Å². The van der Waals surface area contributed by atoms with E-state index in [9.17, 15) is 14.4 Å². The van der Waals surface area contributed by atoms with Gasteiger partial charge < -0.3 is 39.6 Å². The minimum Gasteiger partial charge on any atom is -0.539 e. The zero-order chi connectivity index (χ0) is 36.8. The van der Waals surface area contributed by atoms with Gasteiger partial charge in [-0.3, -0.25) is 14.5 Å². The number of carbonyl (C=O) groups is 3. The second kappa shape index (κ2) is 17.8. The fourth-order valence-electron chi connectivity index (χ4n) is 6.76. The maximum Gasteiger partial charge on any atom is 0.378 e. The molecule has 0 aromatic heterocycles. The van der Waals surface area contributed by atoms with Crippen LogP contribution in [0, 0.1) is 0 Å². The van der Waals surface area contributed by atoms with E-state index >= 15 is 0 Å². The minimum atomic E-state index is -0.751. The summed E-state index contributed by atoms with van der Waals surface area (Å²) in [4.78, 5) is 40.4. The molecule has 3 aliphatic rings. The number of ether oxygens (including phenoxy) is 4. The summed E-state index contributed by atoms with van der Waals surface area (Å²) in [5, 5.41) is 2.15. The Kier molecular flexibility index (Phi) is 13.5. The van der Waals surface area contributed by atoms with Gasteiger partial charge >= 0.3 is 14.0 Å². The Labute approximate surface area is 324 Å². The van der Waals surface area contributed by atoms with Crippen LogP contribution in [0.2, 0.25) is 5.02 Å². The highest BCUT2D eigenvalue weighted by molar-refractivity contribution is 8.00.